The number of imidazole rings is 1. The van der Waals surface area contributed by atoms with Crippen LogP contribution in [0.3, 0.4) is 0 Å². The van der Waals surface area contributed by atoms with E-state index in [0.717, 1.165) is 5.56 Å². The molecule has 5 rings (SSSR count). The van der Waals surface area contributed by atoms with Gasteiger partial charge in [-0.1, -0.05) is 0 Å². The van der Waals surface area contributed by atoms with E-state index in [1.807, 2.05) is 19.9 Å². The number of nitrogens with two attached hydrogens (primary N) is 1. The molecule has 1 fully saturated rings. The molecule has 11 nitrogen and oxygen atoms in total. The van der Waals surface area contributed by atoms with Crippen molar-refractivity contribution >= 4 is 29.1 Å². The molecule has 2 aromatic carbocycles. The Kier molecular flexibility index (Phi) is 8.20. The van der Waals surface area contributed by atoms with Gasteiger partial charge in [0.25, 0.3) is 5.91 Å². The van der Waals surface area contributed by atoms with E-state index < -0.39 is 11.6 Å². The van der Waals surface area contributed by atoms with Gasteiger partial charge < -0.3 is 30.9 Å². The number of methoxy groups -OCH3 is 1. The maximum Gasteiger partial charge on any atom is 0.317 e. The second-order valence-corrected chi connectivity index (χ2v) is 10.2. The summed E-state index contributed by atoms with van der Waals surface area (Å²) in [6.07, 6.45) is 4.58. The van der Waals surface area contributed by atoms with Gasteiger partial charge in [0.1, 0.15) is 0 Å². The predicted molar refractivity (Wildman–Crippen MR) is 154 cm³/mol. The lowest BCUT2D eigenvalue weighted by Crippen LogP contribution is -2.54. The Morgan fingerprint density at radius 2 is 1.81 bits per heavy atom. The van der Waals surface area contributed by atoms with E-state index in [0.29, 0.717) is 61.1 Å². The first-order valence-corrected chi connectivity index (χ1v) is 13.5. The first-order valence-electron chi connectivity index (χ1n) is 13.5. The molecule has 1 atom stereocenters. The number of aryl methyl sites for hydroxylation is 1. The molecule has 3 heterocycles. The summed E-state index contributed by atoms with van der Waals surface area (Å²) in [6.45, 7) is 5.78. The average Bonchev–Trinajstić information content (AvgIpc) is 3.42. The van der Waals surface area contributed by atoms with Crippen LogP contribution in [0.1, 0.15) is 22.8 Å². The fraction of sp³-hybridized carbons (Fsp3) is 0.310. The van der Waals surface area contributed by atoms with Crippen molar-refractivity contribution in [2.45, 2.75) is 19.9 Å². The second kappa shape index (κ2) is 12.0. The van der Waals surface area contributed by atoms with E-state index in [4.69, 9.17) is 10.5 Å². The van der Waals surface area contributed by atoms with Crippen LogP contribution in [-0.4, -0.2) is 82.0 Å². The number of aromatic nitrogens is 3. The van der Waals surface area contributed by atoms with Gasteiger partial charge in [0.2, 0.25) is 5.82 Å². The average molecular weight is 579 g/mol. The highest BCUT2D eigenvalue weighted by Crippen LogP contribution is 2.31. The topological polar surface area (TPSA) is 130 Å². The van der Waals surface area contributed by atoms with Gasteiger partial charge in [0.05, 0.1) is 19.0 Å². The number of hydrogen-bond donors (Lipinski definition) is 3. The van der Waals surface area contributed by atoms with Crippen molar-refractivity contribution in [3.8, 4) is 17.0 Å². The molecule has 1 saturated heterocycles. The van der Waals surface area contributed by atoms with Crippen LogP contribution in [0, 0.1) is 18.6 Å². The van der Waals surface area contributed by atoms with E-state index in [9.17, 15) is 18.4 Å². The Hall–Kier alpha value is -4.78. The zero-order chi connectivity index (χ0) is 30.0. The molecule has 1 aliphatic rings. The number of nitrogens with zero attached hydrogens (tertiary/aromatic N) is 5. The molecule has 0 aliphatic carbocycles. The number of anilines is 2. The van der Waals surface area contributed by atoms with Gasteiger partial charge in [-0.15, -0.1) is 0 Å². The number of benzene rings is 2. The standard InChI is InChI=1S/C29H32F2N8O3/c1-17-14-19(4-5-20(17)28(40)37-10-12-38(13-11-37)29(41)35-15-18(2)32)36-26-27-34-16-22(39(27)9-8-33-26)21-6-7-23(42-3)25(31)24(21)30/h4-9,14,16,18H,10-13,15,32H2,1-3H3,(H,33,36)(H,35,41)/t18-/m0/s1. The third-order valence-electron chi connectivity index (χ3n) is 7.12. The van der Waals surface area contributed by atoms with Crippen LogP contribution in [-0.2, 0) is 0 Å². The molecule has 13 heteroatoms. The van der Waals surface area contributed by atoms with Gasteiger partial charge in [-0.3, -0.25) is 9.20 Å². The summed E-state index contributed by atoms with van der Waals surface area (Å²) in [7, 11) is 1.27. The van der Waals surface area contributed by atoms with Gasteiger partial charge in [0, 0.05) is 68.0 Å². The molecule has 220 valence electrons. The normalized spacial score (nSPS) is 14.1. The molecule has 4 aromatic rings. The number of piperazine rings is 1. The van der Waals surface area contributed by atoms with Gasteiger partial charge in [-0.25, -0.2) is 19.2 Å². The highest BCUT2D eigenvalue weighted by molar-refractivity contribution is 5.96. The molecule has 0 spiro atoms. The van der Waals surface area contributed by atoms with E-state index >= 15 is 0 Å². The smallest absolute Gasteiger partial charge is 0.317 e. The molecule has 0 radical (unpaired) electrons. The minimum atomic E-state index is -1.08. The van der Waals surface area contributed by atoms with Crippen LogP contribution in [0.2, 0.25) is 0 Å². The summed E-state index contributed by atoms with van der Waals surface area (Å²) < 4.78 is 35.6. The first kappa shape index (κ1) is 28.7. The Balaban J connectivity index is 1.29. The highest BCUT2D eigenvalue weighted by Gasteiger charge is 2.26. The number of ether oxygens (including phenoxy) is 1. The monoisotopic (exact) mass is 578 g/mol. The summed E-state index contributed by atoms with van der Waals surface area (Å²) in [4.78, 5) is 37.8. The minimum Gasteiger partial charge on any atom is -0.494 e. The van der Waals surface area contributed by atoms with Gasteiger partial charge in [-0.2, -0.15) is 4.39 Å². The Morgan fingerprint density at radius 1 is 1.07 bits per heavy atom. The highest BCUT2D eigenvalue weighted by atomic mass is 19.2. The lowest BCUT2D eigenvalue weighted by molar-refractivity contribution is 0.0664. The third-order valence-corrected chi connectivity index (χ3v) is 7.12. The van der Waals surface area contributed by atoms with E-state index in [1.54, 1.807) is 32.5 Å². The van der Waals surface area contributed by atoms with Crippen LogP contribution in [0.5, 0.6) is 5.75 Å². The molecule has 0 saturated carbocycles. The quantitative estimate of drug-likeness (QED) is 0.306. The van der Waals surface area contributed by atoms with Crippen LogP contribution in [0.25, 0.3) is 16.9 Å². The summed E-state index contributed by atoms with van der Waals surface area (Å²) in [5.74, 6) is -2.01. The number of nitrogens with one attached hydrogen (secondary N) is 2. The lowest BCUT2D eigenvalue weighted by atomic mass is 10.1. The number of halogens is 2. The summed E-state index contributed by atoms with van der Waals surface area (Å²) >= 11 is 0. The molecule has 0 bridgehead atoms. The van der Waals surface area contributed by atoms with Crippen molar-refractivity contribution in [1.82, 2.24) is 29.5 Å². The van der Waals surface area contributed by atoms with E-state index in [2.05, 4.69) is 20.6 Å². The largest absolute Gasteiger partial charge is 0.494 e. The lowest BCUT2D eigenvalue weighted by Gasteiger charge is -2.35. The van der Waals surface area contributed by atoms with Crippen molar-refractivity contribution < 1.29 is 23.1 Å². The van der Waals surface area contributed by atoms with Crippen LogP contribution in [0.4, 0.5) is 25.1 Å². The van der Waals surface area contributed by atoms with Crippen LogP contribution >= 0.6 is 0 Å². The number of amides is 3. The fourth-order valence-electron chi connectivity index (χ4n) is 4.86. The van der Waals surface area contributed by atoms with Crippen LogP contribution < -0.4 is 21.1 Å². The van der Waals surface area contributed by atoms with Crippen molar-refractivity contribution in [2.75, 3.05) is 45.2 Å². The molecule has 3 amide bonds. The van der Waals surface area contributed by atoms with Gasteiger partial charge in [-0.05, 0) is 49.7 Å². The summed E-state index contributed by atoms with van der Waals surface area (Å²) in [5, 5.41) is 6.01. The molecule has 2 aromatic heterocycles. The predicted octanol–water partition coefficient (Wildman–Crippen LogP) is 3.55. The zero-order valence-corrected chi connectivity index (χ0v) is 23.5. The van der Waals surface area contributed by atoms with Crippen molar-refractivity contribution in [3.63, 3.8) is 0 Å². The van der Waals surface area contributed by atoms with E-state index in [1.165, 1.54) is 31.6 Å². The SMILES string of the molecule is COc1ccc(-c2cnc3c(Nc4ccc(C(=O)N5CCN(C(=O)NC[C@H](C)N)CC5)c(C)c4)nccn23)c(F)c1F. The van der Waals surface area contributed by atoms with Crippen molar-refractivity contribution in [2.24, 2.45) is 5.73 Å². The van der Waals surface area contributed by atoms with Crippen LogP contribution in [0.15, 0.2) is 48.9 Å². The maximum absolute atomic E-state index is 14.8. The Labute approximate surface area is 241 Å². The van der Waals surface area contributed by atoms with Crippen molar-refractivity contribution in [1.29, 1.82) is 0 Å². The third kappa shape index (κ3) is 5.68. The zero-order valence-electron chi connectivity index (χ0n) is 23.5. The van der Waals surface area contributed by atoms with E-state index in [-0.39, 0.29) is 29.3 Å². The number of carbonyl (C=O) groups is 2. The molecule has 42 heavy (non-hydrogen) atoms. The number of rotatable bonds is 7. The summed E-state index contributed by atoms with van der Waals surface area (Å²) in [5.41, 5.74) is 8.47. The second-order valence-electron chi connectivity index (χ2n) is 10.2. The molecule has 1 aliphatic heterocycles. The Bertz CT molecular complexity index is 1630. The molecular formula is C29H32F2N8O3. The molecular weight excluding hydrogens is 546 g/mol. The number of fused-ring (bicyclic) bond motifs is 1. The summed E-state index contributed by atoms with van der Waals surface area (Å²) in [6, 6.07) is 7.83. The Morgan fingerprint density at radius 3 is 2.50 bits per heavy atom. The number of hydrogen-bond acceptors (Lipinski definition) is 7. The fourth-order valence-corrected chi connectivity index (χ4v) is 4.86. The number of carbonyl (C=O) groups excluding carboxylic acids is 2. The number of urea groups is 1. The molecule has 4 N–H and O–H groups in total. The first-order chi connectivity index (χ1) is 20.2. The van der Waals surface area contributed by atoms with Crippen molar-refractivity contribution in [3.05, 3.63) is 71.7 Å². The minimum absolute atomic E-state index is 0.0308. The molecule has 0 unspecified atom stereocenters. The maximum atomic E-state index is 14.8. The van der Waals surface area contributed by atoms with Gasteiger partial charge >= 0.3 is 6.03 Å². The van der Waals surface area contributed by atoms with Gasteiger partial charge in [0.15, 0.2) is 23.0 Å².